The van der Waals surface area contributed by atoms with Crippen molar-refractivity contribution in [2.24, 2.45) is 5.29 Å². The molecule has 0 aliphatic heterocycles. The summed E-state index contributed by atoms with van der Waals surface area (Å²) in [6.45, 7) is 0. The van der Waals surface area contributed by atoms with Gasteiger partial charge in [-0.15, -0.1) is 10.0 Å². The number of nitrogens with zero attached hydrogens (tertiary/aromatic N) is 4. The molecule has 0 saturated carbocycles. The Morgan fingerprint density at radius 1 is 1.75 bits per heavy atom. The first kappa shape index (κ1) is 4.62. The first-order chi connectivity index (χ1) is 3.93. The number of nitroso groups, excluding NO2 is 1. The van der Waals surface area contributed by atoms with Crippen molar-refractivity contribution in [1.82, 2.24) is 20.6 Å². The van der Waals surface area contributed by atoms with Crippen LogP contribution in [0.5, 0.6) is 0 Å². The molecule has 7 heteroatoms. The van der Waals surface area contributed by atoms with Gasteiger partial charge in [0.25, 0.3) is 5.95 Å². The third-order valence-corrected chi connectivity index (χ3v) is 0.491. The summed E-state index contributed by atoms with van der Waals surface area (Å²) in [5.41, 5.74) is 1.94. The van der Waals surface area contributed by atoms with Gasteiger partial charge in [0.15, 0.2) is 0 Å². The Morgan fingerprint density at radius 2 is 2.62 bits per heavy atom. The van der Waals surface area contributed by atoms with Crippen LogP contribution in [0.3, 0.4) is 0 Å². The lowest BCUT2D eigenvalue weighted by Crippen LogP contribution is -1.87. The summed E-state index contributed by atoms with van der Waals surface area (Å²) >= 11 is 0. The van der Waals surface area contributed by atoms with E-state index in [4.69, 9.17) is 0 Å². The summed E-state index contributed by atoms with van der Waals surface area (Å²) in [6.07, 6.45) is 0. The van der Waals surface area contributed by atoms with Crippen LogP contribution in [0.4, 0.5) is 5.95 Å². The van der Waals surface area contributed by atoms with Crippen LogP contribution in [-0.4, -0.2) is 20.6 Å². The van der Waals surface area contributed by atoms with E-state index in [9.17, 15) is 4.91 Å². The minimum atomic E-state index is 0.0694. The molecule has 0 aliphatic carbocycles. The minimum absolute atomic E-state index is 0.0694. The summed E-state index contributed by atoms with van der Waals surface area (Å²) in [4.78, 5) is 9.39. The molecule has 1 aromatic rings. The van der Waals surface area contributed by atoms with Crippen LogP contribution >= 0.6 is 0 Å². The molecule has 0 aromatic carbocycles. The second-order valence-electron chi connectivity index (χ2n) is 0.939. The van der Waals surface area contributed by atoms with Crippen molar-refractivity contribution < 1.29 is 0 Å². The van der Waals surface area contributed by atoms with Crippen molar-refractivity contribution in [2.45, 2.75) is 0 Å². The molecule has 0 fully saturated rings. The molecule has 0 radical (unpaired) electrons. The fourth-order valence-corrected chi connectivity index (χ4v) is 0.250. The Kier molecular flexibility index (Phi) is 1.13. The van der Waals surface area contributed by atoms with Gasteiger partial charge in [-0.25, -0.2) is 5.43 Å². The minimum Gasteiger partial charge on any atom is -0.206 e. The lowest BCUT2D eigenvalue weighted by Gasteiger charge is -1.77. The normalized spacial score (nSPS) is 8.50. The second-order valence-corrected chi connectivity index (χ2v) is 0.939. The number of anilines is 1. The predicted molar refractivity (Wildman–Crippen MR) is 23.6 cm³/mol. The SMILES string of the molecule is O=NNc1nn[nH]n1. The highest BCUT2D eigenvalue weighted by Crippen LogP contribution is 1.86. The molecule has 0 bridgehead atoms. The number of aromatic nitrogens is 4. The fourth-order valence-electron chi connectivity index (χ4n) is 0.250. The third-order valence-electron chi connectivity index (χ3n) is 0.491. The first-order valence-corrected chi connectivity index (χ1v) is 1.75. The molecule has 7 nitrogen and oxygen atoms in total. The molecule has 1 heterocycles. The molecule has 1 rings (SSSR count). The maximum atomic E-state index is 9.39. The van der Waals surface area contributed by atoms with Crippen LogP contribution in [0.15, 0.2) is 5.29 Å². The molecule has 0 saturated heterocycles. The quantitative estimate of drug-likeness (QED) is 0.391. The summed E-state index contributed by atoms with van der Waals surface area (Å²) in [5, 5.41) is 14.3. The Balaban J connectivity index is 2.62. The van der Waals surface area contributed by atoms with Crippen molar-refractivity contribution in [3.05, 3.63) is 4.91 Å². The summed E-state index contributed by atoms with van der Waals surface area (Å²) in [7, 11) is 0. The van der Waals surface area contributed by atoms with Crippen LogP contribution in [0.25, 0.3) is 0 Å². The van der Waals surface area contributed by atoms with Crippen LogP contribution in [-0.2, 0) is 0 Å². The number of rotatable bonds is 2. The van der Waals surface area contributed by atoms with Gasteiger partial charge in [0.1, 0.15) is 0 Å². The van der Waals surface area contributed by atoms with Gasteiger partial charge < -0.3 is 0 Å². The van der Waals surface area contributed by atoms with Crippen molar-refractivity contribution >= 4 is 5.95 Å². The molecule has 1 aromatic heterocycles. The van der Waals surface area contributed by atoms with E-state index < -0.39 is 0 Å². The third kappa shape index (κ3) is 0.750. The molecular weight excluding hydrogens is 112 g/mol. The Bertz CT molecular complexity index is 155. The largest absolute Gasteiger partial charge is 0.285 e. The predicted octanol–water partition coefficient (Wildman–Crippen LogP) is -0.707. The van der Waals surface area contributed by atoms with Gasteiger partial charge in [-0.2, -0.15) is 5.21 Å². The molecular formula is CH2N6O. The first-order valence-electron chi connectivity index (χ1n) is 1.75. The standard InChI is InChI=1S/CH2N6O/c8-7-4-1-2-5-6-3-1/h(H2,2,3,4,5,6,8). The zero-order chi connectivity index (χ0) is 5.82. The number of hydrogen-bond donors (Lipinski definition) is 2. The van der Waals surface area contributed by atoms with E-state index in [0.717, 1.165) is 0 Å². The van der Waals surface area contributed by atoms with E-state index in [2.05, 4.69) is 25.9 Å². The lowest BCUT2D eigenvalue weighted by atomic mass is 11.1. The zero-order valence-electron chi connectivity index (χ0n) is 3.70. The molecule has 0 atom stereocenters. The Hall–Kier alpha value is -1.53. The summed E-state index contributed by atoms with van der Waals surface area (Å²) in [6, 6.07) is 0. The lowest BCUT2D eigenvalue weighted by molar-refractivity contribution is 0.881. The van der Waals surface area contributed by atoms with Crippen LogP contribution in [0.2, 0.25) is 0 Å². The number of tetrazole rings is 1. The number of hydrogen-bond acceptors (Lipinski definition) is 5. The Morgan fingerprint density at radius 3 is 3.12 bits per heavy atom. The number of aromatic amines is 1. The molecule has 2 N–H and O–H groups in total. The summed E-state index contributed by atoms with van der Waals surface area (Å²) < 4.78 is 0. The van der Waals surface area contributed by atoms with E-state index in [1.54, 1.807) is 0 Å². The highest BCUT2D eigenvalue weighted by atomic mass is 16.3. The average Bonchev–Trinajstić information content (AvgIpc) is 2.19. The highest BCUT2D eigenvalue weighted by Gasteiger charge is 1.90. The molecule has 0 unspecified atom stereocenters. The topological polar surface area (TPSA) is 95.9 Å². The molecule has 42 valence electrons. The average molecular weight is 114 g/mol. The van der Waals surface area contributed by atoms with Gasteiger partial charge >= 0.3 is 0 Å². The maximum absolute atomic E-state index is 9.39. The van der Waals surface area contributed by atoms with Gasteiger partial charge in [-0.05, 0) is 5.21 Å². The van der Waals surface area contributed by atoms with Gasteiger partial charge in [0, 0.05) is 0 Å². The van der Waals surface area contributed by atoms with E-state index >= 15 is 0 Å². The van der Waals surface area contributed by atoms with Crippen molar-refractivity contribution in [1.29, 1.82) is 0 Å². The molecule has 0 amide bonds. The smallest absolute Gasteiger partial charge is 0.206 e. The van der Waals surface area contributed by atoms with E-state index in [-0.39, 0.29) is 5.95 Å². The van der Waals surface area contributed by atoms with Crippen LogP contribution < -0.4 is 5.43 Å². The molecule has 8 heavy (non-hydrogen) atoms. The highest BCUT2D eigenvalue weighted by molar-refractivity contribution is 5.15. The second kappa shape index (κ2) is 1.96. The van der Waals surface area contributed by atoms with Gasteiger partial charge in [0.2, 0.25) is 0 Å². The van der Waals surface area contributed by atoms with Crippen LogP contribution in [0, 0.1) is 4.91 Å². The van der Waals surface area contributed by atoms with Crippen molar-refractivity contribution in [3.63, 3.8) is 0 Å². The molecule has 0 spiro atoms. The Labute approximate surface area is 43.4 Å². The van der Waals surface area contributed by atoms with E-state index in [0.29, 0.717) is 0 Å². The fraction of sp³-hybridized carbons (Fsp3) is 0. The van der Waals surface area contributed by atoms with E-state index in [1.807, 2.05) is 5.43 Å². The maximum Gasteiger partial charge on any atom is 0.285 e. The van der Waals surface area contributed by atoms with Crippen molar-refractivity contribution in [2.75, 3.05) is 5.43 Å². The monoisotopic (exact) mass is 114 g/mol. The zero-order valence-corrected chi connectivity index (χ0v) is 3.70. The molecule has 0 aliphatic rings. The summed E-state index contributed by atoms with van der Waals surface area (Å²) in [5.74, 6) is 0.0694. The van der Waals surface area contributed by atoms with Crippen molar-refractivity contribution in [3.8, 4) is 0 Å². The van der Waals surface area contributed by atoms with Gasteiger partial charge in [0.05, 0.1) is 5.29 Å². The van der Waals surface area contributed by atoms with E-state index in [1.165, 1.54) is 0 Å². The number of H-pyrrole nitrogens is 1. The number of nitrogens with one attached hydrogen (secondary N) is 2. The van der Waals surface area contributed by atoms with Gasteiger partial charge in [-0.3, -0.25) is 0 Å². The van der Waals surface area contributed by atoms with Crippen LogP contribution in [0.1, 0.15) is 0 Å². The van der Waals surface area contributed by atoms with Gasteiger partial charge in [-0.1, -0.05) is 5.10 Å².